The van der Waals surface area contributed by atoms with E-state index in [1.165, 1.54) is 4.88 Å². The molecule has 1 unspecified atom stereocenters. The second-order valence-electron chi connectivity index (χ2n) is 2.95. The molecular weight excluding hydrogens is 266 g/mol. The van der Waals surface area contributed by atoms with Crippen molar-refractivity contribution < 1.29 is 9.90 Å². The number of aliphatic carboxylic acids is 1. The number of aryl methyl sites for hydroxylation is 1. The number of carboxylic acids is 1. The molecule has 1 aromatic heterocycles. The first kappa shape index (κ1) is 11.7. The summed E-state index contributed by atoms with van der Waals surface area (Å²) in [7, 11) is 1.67. The quantitative estimate of drug-likeness (QED) is 0.867. The Bertz CT molecular complexity index is 314. The molecule has 0 bridgehead atoms. The van der Waals surface area contributed by atoms with Gasteiger partial charge in [-0.05, 0) is 41.9 Å². The summed E-state index contributed by atoms with van der Waals surface area (Å²) >= 11 is 5.01. The minimum absolute atomic E-state index is 0.448. The molecule has 1 heterocycles. The lowest BCUT2D eigenvalue weighted by atomic mass is 10.1. The van der Waals surface area contributed by atoms with Gasteiger partial charge in [0.05, 0.1) is 0 Å². The number of carboxylic acid groups (broad SMARTS) is 1. The van der Waals surface area contributed by atoms with Crippen LogP contribution in [0.4, 0.5) is 0 Å². The van der Waals surface area contributed by atoms with Gasteiger partial charge in [0, 0.05) is 14.7 Å². The van der Waals surface area contributed by atoms with E-state index in [9.17, 15) is 4.79 Å². The molecule has 0 saturated heterocycles. The van der Waals surface area contributed by atoms with Gasteiger partial charge in [0.2, 0.25) is 0 Å². The third-order valence-electron chi connectivity index (χ3n) is 1.95. The normalized spacial score (nSPS) is 12.7. The van der Waals surface area contributed by atoms with E-state index in [-0.39, 0.29) is 0 Å². The highest BCUT2D eigenvalue weighted by atomic mass is 79.9. The summed E-state index contributed by atoms with van der Waals surface area (Å²) in [5, 5.41) is 13.6. The molecule has 14 heavy (non-hydrogen) atoms. The Morgan fingerprint density at radius 3 is 2.93 bits per heavy atom. The van der Waals surface area contributed by atoms with E-state index in [1.54, 1.807) is 18.4 Å². The minimum atomic E-state index is -0.789. The lowest BCUT2D eigenvalue weighted by Gasteiger charge is -2.09. The predicted molar refractivity (Wildman–Crippen MR) is 60.8 cm³/mol. The maximum Gasteiger partial charge on any atom is 0.320 e. The lowest BCUT2D eigenvalue weighted by Crippen LogP contribution is -2.34. The molecule has 0 radical (unpaired) electrons. The van der Waals surface area contributed by atoms with Gasteiger partial charge in [0.1, 0.15) is 6.04 Å². The molecule has 2 N–H and O–H groups in total. The van der Waals surface area contributed by atoms with Crippen LogP contribution in [0.2, 0.25) is 0 Å². The highest BCUT2D eigenvalue weighted by Crippen LogP contribution is 2.21. The van der Waals surface area contributed by atoms with Gasteiger partial charge in [-0.2, -0.15) is 0 Å². The Kier molecular flexibility index (Phi) is 4.57. The van der Waals surface area contributed by atoms with Crippen molar-refractivity contribution in [2.24, 2.45) is 0 Å². The van der Waals surface area contributed by atoms with E-state index in [4.69, 9.17) is 5.11 Å². The van der Waals surface area contributed by atoms with Gasteiger partial charge in [-0.15, -0.1) is 11.3 Å². The largest absolute Gasteiger partial charge is 0.480 e. The first-order valence-corrected chi connectivity index (χ1v) is 5.93. The number of likely N-dealkylation sites (N-methyl/N-ethyl adjacent to an activating group) is 1. The fraction of sp³-hybridized carbons (Fsp3) is 0.444. The predicted octanol–water partition coefficient (Wildman–Crippen LogP) is 2.12. The van der Waals surface area contributed by atoms with Crippen molar-refractivity contribution in [3.8, 4) is 0 Å². The fourth-order valence-corrected chi connectivity index (χ4v) is 2.63. The SMILES string of the molecule is CNC(CCc1cc(Br)cs1)C(=O)O. The molecule has 0 aliphatic carbocycles. The van der Waals surface area contributed by atoms with Crippen LogP contribution in [0.5, 0.6) is 0 Å². The van der Waals surface area contributed by atoms with Crippen LogP contribution in [-0.4, -0.2) is 24.2 Å². The zero-order valence-corrected chi connectivity index (χ0v) is 10.2. The van der Waals surface area contributed by atoms with Crippen molar-refractivity contribution in [2.75, 3.05) is 7.05 Å². The van der Waals surface area contributed by atoms with Crippen LogP contribution >= 0.6 is 27.3 Å². The van der Waals surface area contributed by atoms with Crippen LogP contribution in [0.15, 0.2) is 15.9 Å². The first-order chi connectivity index (χ1) is 6.63. The minimum Gasteiger partial charge on any atom is -0.480 e. The molecule has 1 aromatic rings. The van der Waals surface area contributed by atoms with E-state index in [1.807, 2.05) is 11.4 Å². The Hall–Kier alpha value is -0.390. The highest BCUT2D eigenvalue weighted by molar-refractivity contribution is 9.10. The zero-order valence-electron chi connectivity index (χ0n) is 7.79. The van der Waals surface area contributed by atoms with Crippen LogP contribution < -0.4 is 5.32 Å². The number of hydrogen-bond acceptors (Lipinski definition) is 3. The Balaban J connectivity index is 2.43. The van der Waals surface area contributed by atoms with E-state index < -0.39 is 12.0 Å². The summed E-state index contributed by atoms with van der Waals surface area (Å²) in [6.45, 7) is 0. The number of halogens is 1. The number of carbonyl (C=O) groups is 1. The molecule has 0 spiro atoms. The van der Waals surface area contributed by atoms with Crippen LogP contribution in [0.1, 0.15) is 11.3 Å². The topological polar surface area (TPSA) is 49.3 Å². The third-order valence-corrected chi connectivity index (χ3v) is 3.71. The standard InChI is InChI=1S/C9H12BrNO2S/c1-11-8(9(12)13)3-2-7-4-6(10)5-14-7/h4-5,8,11H,2-3H2,1H3,(H,12,13). The van der Waals surface area contributed by atoms with E-state index >= 15 is 0 Å². The number of hydrogen-bond donors (Lipinski definition) is 2. The summed E-state index contributed by atoms with van der Waals surface area (Å²) < 4.78 is 1.06. The molecule has 0 saturated carbocycles. The highest BCUT2D eigenvalue weighted by Gasteiger charge is 2.14. The molecule has 1 rings (SSSR count). The van der Waals surface area contributed by atoms with Gasteiger partial charge >= 0.3 is 5.97 Å². The number of thiophene rings is 1. The molecule has 0 amide bonds. The Labute approximate surface area is 95.3 Å². The summed E-state index contributed by atoms with van der Waals surface area (Å²) in [6.07, 6.45) is 1.42. The average molecular weight is 278 g/mol. The maximum atomic E-state index is 10.7. The third kappa shape index (κ3) is 3.40. The molecular formula is C9H12BrNO2S. The number of rotatable bonds is 5. The van der Waals surface area contributed by atoms with Crippen LogP contribution in [-0.2, 0) is 11.2 Å². The second-order valence-corrected chi connectivity index (χ2v) is 4.86. The smallest absolute Gasteiger partial charge is 0.320 e. The maximum absolute atomic E-state index is 10.7. The Morgan fingerprint density at radius 2 is 2.50 bits per heavy atom. The molecule has 78 valence electrons. The van der Waals surface area contributed by atoms with Gasteiger partial charge in [-0.1, -0.05) is 0 Å². The van der Waals surface area contributed by atoms with Crippen molar-refractivity contribution in [3.05, 3.63) is 20.8 Å². The number of nitrogens with one attached hydrogen (secondary N) is 1. The molecule has 0 aliphatic rings. The van der Waals surface area contributed by atoms with Crippen molar-refractivity contribution in [1.82, 2.24) is 5.32 Å². The monoisotopic (exact) mass is 277 g/mol. The molecule has 1 atom stereocenters. The average Bonchev–Trinajstić information content (AvgIpc) is 2.52. The van der Waals surface area contributed by atoms with E-state index in [0.717, 1.165) is 10.9 Å². The molecule has 0 fully saturated rings. The van der Waals surface area contributed by atoms with Crippen LogP contribution in [0.25, 0.3) is 0 Å². The van der Waals surface area contributed by atoms with Gasteiger partial charge in [0.25, 0.3) is 0 Å². The second kappa shape index (κ2) is 5.48. The van der Waals surface area contributed by atoms with Crippen LogP contribution in [0, 0.1) is 0 Å². The molecule has 3 nitrogen and oxygen atoms in total. The Morgan fingerprint density at radius 1 is 1.79 bits per heavy atom. The van der Waals surface area contributed by atoms with Gasteiger partial charge in [-0.3, -0.25) is 4.79 Å². The first-order valence-electron chi connectivity index (χ1n) is 4.26. The van der Waals surface area contributed by atoms with Gasteiger partial charge in [0.15, 0.2) is 0 Å². The van der Waals surface area contributed by atoms with E-state index in [2.05, 4.69) is 21.2 Å². The van der Waals surface area contributed by atoms with Crippen molar-refractivity contribution >= 4 is 33.2 Å². The molecule has 5 heteroatoms. The van der Waals surface area contributed by atoms with Crippen LogP contribution in [0.3, 0.4) is 0 Å². The lowest BCUT2D eigenvalue weighted by molar-refractivity contribution is -0.139. The van der Waals surface area contributed by atoms with Crippen molar-refractivity contribution in [3.63, 3.8) is 0 Å². The van der Waals surface area contributed by atoms with E-state index in [0.29, 0.717) is 6.42 Å². The van der Waals surface area contributed by atoms with Gasteiger partial charge < -0.3 is 10.4 Å². The molecule has 0 aliphatic heterocycles. The fourth-order valence-electron chi connectivity index (χ4n) is 1.16. The summed E-state index contributed by atoms with van der Waals surface area (Å²) in [5.41, 5.74) is 0. The summed E-state index contributed by atoms with van der Waals surface area (Å²) in [6, 6.07) is 1.58. The van der Waals surface area contributed by atoms with Gasteiger partial charge in [-0.25, -0.2) is 0 Å². The van der Waals surface area contributed by atoms with Crippen molar-refractivity contribution in [2.45, 2.75) is 18.9 Å². The zero-order chi connectivity index (χ0) is 10.6. The van der Waals surface area contributed by atoms with Crippen molar-refractivity contribution in [1.29, 1.82) is 0 Å². The summed E-state index contributed by atoms with van der Waals surface area (Å²) in [4.78, 5) is 11.9. The molecule has 0 aromatic carbocycles. The summed E-state index contributed by atoms with van der Waals surface area (Å²) in [5.74, 6) is -0.789.